The lowest BCUT2D eigenvalue weighted by atomic mass is 10.1. The van der Waals surface area contributed by atoms with Crippen molar-refractivity contribution in [2.24, 2.45) is 0 Å². The molecule has 1 aromatic heterocycles. The van der Waals surface area contributed by atoms with Gasteiger partial charge in [-0.05, 0) is 49.1 Å². The van der Waals surface area contributed by atoms with Crippen LogP contribution in [0.4, 0.5) is 0 Å². The van der Waals surface area contributed by atoms with Crippen LogP contribution in [0.1, 0.15) is 40.5 Å². The molecule has 0 aliphatic carbocycles. The van der Waals surface area contributed by atoms with Crippen molar-refractivity contribution in [1.29, 1.82) is 0 Å². The molecule has 0 spiro atoms. The molecule has 4 rings (SSSR count). The Labute approximate surface area is 221 Å². The molecular weight excluding hydrogens is 518 g/mol. The number of sulfone groups is 1. The molecule has 3 aromatic rings. The van der Waals surface area contributed by atoms with Gasteiger partial charge in [-0.3, -0.25) is 4.79 Å². The van der Waals surface area contributed by atoms with E-state index in [0.29, 0.717) is 23.9 Å². The van der Waals surface area contributed by atoms with Crippen LogP contribution >= 0.6 is 23.4 Å². The number of halogens is 1. The fraction of sp³-hybridized carbons (Fsp3) is 0.346. The molecular formula is C26H28ClN3O4S2. The van der Waals surface area contributed by atoms with Gasteiger partial charge in [0.1, 0.15) is 5.75 Å². The summed E-state index contributed by atoms with van der Waals surface area (Å²) >= 11 is 7.80. The van der Waals surface area contributed by atoms with E-state index < -0.39 is 21.8 Å². The van der Waals surface area contributed by atoms with Crippen molar-refractivity contribution in [1.82, 2.24) is 14.9 Å². The van der Waals surface area contributed by atoms with E-state index in [1.54, 1.807) is 4.90 Å². The van der Waals surface area contributed by atoms with E-state index in [-0.39, 0.29) is 28.8 Å². The fourth-order valence-electron chi connectivity index (χ4n) is 4.06. The van der Waals surface area contributed by atoms with Crippen molar-refractivity contribution in [3.05, 3.63) is 82.1 Å². The van der Waals surface area contributed by atoms with Gasteiger partial charge in [-0.25, -0.2) is 18.4 Å². The SMILES string of the molecule is CCOc1ccc(CN(C(=O)c2nc(SCc3ccccc3C)ncc2Cl)C2CCS(=O)(=O)C2)cc1. The van der Waals surface area contributed by atoms with Crippen molar-refractivity contribution in [3.8, 4) is 5.75 Å². The van der Waals surface area contributed by atoms with E-state index >= 15 is 0 Å². The first-order valence-electron chi connectivity index (χ1n) is 11.7. The molecule has 0 bridgehead atoms. The Kier molecular flexibility index (Phi) is 8.54. The number of ether oxygens (including phenoxy) is 1. The first-order chi connectivity index (χ1) is 17.3. The molecule has 1 saturated heterocycles. The Morgan fingerprint density at radius 2 is 1.94 bits per heavy atom. The normalized spacial score (nSPS) is 16.6. The highest BCUT2D eigenvalue weighted by Crippen LogP contribution is 2.27. The van der Waals surface area contributed by atoms with Crippen LogP contribution in [0, 0.1) is 6.92 Å². The molecule has 2 heterocycles. The van der Waals surface area contributed by atoms with E-state index in [1.165, 1.54) is 23.5 Å². The third-order valence-corrected chi connectivity index (χ3v) is 8.98. The summed E-state index contributed by atoms with van der Waals surface area (Å²) in [4.78, 5) is 24.1. The van der Waals surface area contributed by atoms with Gasteiger partial charge in [-0.1, -0.05) is 59.8 Å². The Balaban J connectivity index is 1.58. The van der Waals surface area contributed by atoms with Crippen LogP contribution in [0.25, 0.3) is 0 Å². The Bertz CT molecular complexity index is 1330. The second kappa shape index (κ2) is 11.6. The van der Waals surface area contributed by atoms with E-state index in [4.69, 9.17) is 16.3 Å². The monoisotopic (exact) mass is 545 g/mol. The lowest BCUT2D eigenvalue weighted by Crippen LogP contribution is -2.41. The van der Waals surface area contributed by atoms with Crippen LogP contribution in [0.15, 0.2) is 59.9 Å². The Hall–Kier alpha value is -2.62. The van der Waals surface area contributed by atoms with Gasteiger partial charge in [0.05, 0.1) is 29.3 Å². The van der Waals surface area contributed by atoms with Crippen LogP contribution in [-0.2, 0) is 22.1 Å². The molecule has 10 heteroatoms. The number of carbonyl (C=O) groups excluding carboxylic acids is 1. The summed E-state index contributed by atoms with van der Waals surface area (Å²) < 4.78 is 30.0. The van der Waals surface area contributed by atoms with E-state index in [0.717, 1.165) is 16.9 Å². The van der Waals surface area contributed by atoms with Gasteiger partial charge in [0, 0.05) is 18.3 Å². The summed E-state index contributed by atoms with van der Waals surface area (Å²) in [5.41, 5.74) is 3.26. The predicted molar refractivity (Wildman–Crippen MR) is 142 cm³/mol. The van der Waals surface area contributed by atoms with Crippen molar-refractivity contribution >= 4 is 39.1 Å². The van der Waals surface area contributed by atoms with Gasteiger partial charge in [-0.2, -0.15) is 0 Å². The quantitative estimate of drug-likeness (QED) is 0.277. The highest BCUT2D eigenvalue weighted by molar-refractivity contribution is 7.98. The number of thioether (sulfide) groups is 1. The zero-order valence-corrected chi connectivity index (χ0v) is 22.6. The molecule has 2 aromatic carbocycles. The molecule has 0 N–H and O–H groups in total. The minimum atomic E-state index is -3.21. The van der Waals surface area contributed by atoms with Gasteiger partial charge in [-0.15, -0.1) is 0 Å². The number of hydrogen-bond donors (Lipinski definition) is 0. The number of benzene rings is 2. The maximum absolute atomic E-state index is 13.7. The predicted octanol–water partition coefficient (Wildman–Crippen LogP) is 4.96. The van der Waals surface area contributed by atoms with Crippen LogP contribution < -0.4 is 4.74 Å². The Morgan fingerprint density at radius 1 is 1.19 bits per heavy atom. The molecule has 190 valence electrons. The topological polar surface area (TPSA) is 89.5 Å². The number of hydrogen-bond acceptors (Lipinski definition) is 7. The zero-order chi connectivity index (χ0) is 25.7. The van der Waals surface area contributed by atoms with Gasteiger partial charge >= 0.3 is 0 Å². The summed E-state index contributed by atoms with van der Waals surface area (Å²) in [5.74, 6) is 0.957. The van der Waals surface area contributed by atoms with Crippen LogP contribution in [0.5, 0.6) is 5.75 Å². The number of nitrogens with zero attached hydrogens (tertiary/aromatic N) is 3. The third kappa shape index (κ3) is 6.57. The van der Waals surface area contributed by atoms with Gasteiger partial charge < -0.3 is 9.64 Å². The summed E-state index contributed by atoms with van der Waals surface area (Å²) in [6.45, 7) is 4.74. The molecule has 1 aliphatic rings. The standard InChI is InChI=1S/C26H28ClN3O4S2/c1-3-34-22-10-8-19(9-11-22)15-30(21-12-13-36(32,33)17-21)25(31)24-23(27)14-28-26(29-24)35-16-20-7-5-4-6-18(20)2/h4-11,14,21H,3,12-13,15-17H2,1-2H3. The largest absolute Gasteiger partial charge is 0.494 e. The molecule has 36 heavy (non-hydrogen) atoms. The average Bonchev–Trinajstić information content (AvgIpc) is 3.23. The second-order valence-electron chi connectivity index (χ2n) is 8.63. The zero-order valence-electron chi connectivity index (χ0n) is 20.2. The molecule has 1 fully saturated rings. The molecule has 1 aliphatic heterocycles. The van der Waals surface area contributed by atoms with E-state index in [2.05, 4.69) is 9.97 Å². The average molecular weight is 546 g/mol. The highest BCUT2D eigenvalue weighted by atomic mass is 35.5. The molecule has 7 nitrogen and oxygen atoms in total. The number of rotatable bonds is 9. The molecule has 1 atom stereocenters. The lowest BCUT2D eigenvalue weighted by molar-refractivity contribution is 0.0674. The summed E-state index contributed by atoms with van der Waals surface area (Å²) in [7, 11) is -3.21. The smallest absolute Gasteiger partial charge is 0.274 e. The van der Waals surface area contributed by atoms with Crippen molar-refractivity contribution in [2.45, 2.75) is 43.8 Å². The molecule has 1 amide bonds. The number of carbonyl (C=O) groups is 1. The van der Waals surface area contributed by atoms with Crippen molar-refractivity contribution in [3.63, 3.8) is 0 Å². The second-order valence-corrected chi connectivity index (χ2v) is 12.2. The maximum Gasteiger partial charge on any atom is 0.274 e. The van der Waals surface area contributed by atoms with Gasteiger partial charge in [0.15, 0.2) is 20.7 Å². The summed E-state index contributed by atoms with van der Waals surface area (Å²) in [6, 6.07) is 15.0. The minimum Gasteiger partial charge on any atom is -0.494 e. The third-order valence-electron chi connectivity index (χ3n) is 6.04. The van der Waals surface area contributed by atoms with Crippen LogP contribution in [0.3, 0.4) is 0 Å². The summed E-state index contributed by atoms with van der Waals surface area (Å²) in [6.07, 6.45) is 1.81. The van der Waals surface area contributed by atoms with Gasteiger partial charge in [0.25, 0.3) is 5.91 Å². The fourth-order valence-corrected chi connectivity index (χ4v) is 6.86. The molecule has 1 unspecified atom stereocenters. The van der Waals surface area contributed by atoms with E-state index in [1.807, 2.05) is 62.4 Å². The summed E-state index contributed by atoms with van der Waals surface area (Å²) in [5, 5.41) is 0.573. The molecule has 0 saturated carbocycles. The first-order valence-corrected chi connectivity index (χ1v) is 14.9. The number of aromatic nitrogens is 2. The van der Waals surface area contributed by atoms with Crippen molar-refractivity contribution in [2.75, 3.05) is 18.1 Å². The Morgan fingerprint density at radius 3 is 2.61 bits per heavy atom. The number of amides is 1. The first kappa shape index (κ1) is 26.4. The minimum absolute atomic E-state index is 0.0553. The van der Waals surface area contributed by atoms with Gasteiger partial charge in [0.2, 0.25) is 0 Å². The maximum atomic E-state index is 13.7. The van der Waals surface area contributed by atoms with Crippen LogP contribution in [0.2, 0.25) is 5.02 Å². The van der Waals surface area contributed by atoms with Crippen LogP contribution in [-0.4, -0.2) is 53.3 Å². The lowest BCUT2D eigenvalue weighted by Gasteiger charge is -2.28. The molecule has 0 radical (unpaired) electrons. The highest BCUT2D eigenvalue weighted by Gasteiger charge is 2.36. The van der Waals surface area contributed by atoms with Crippen molar-refractivity contribution < 1.29 is 17.9 Å². The van der Waals surface area contributed by atoms with E-state index in [9.17, 15) is 13.2 Å². The number of aryl methyl sites for hydroxylation is 1.